The van der Waals surface area contributed by atoms with Gasteiger partial charge in [0.05, 0.1) is 5.69 Å². The number of thiazole rings is 1. The van der Waals surface area contributed by atoms with Gasteiger partial charge in [0.25, 0.3) is 0 Å². The SMILES string of the molecule is COCCCC(=O)Nc1nc(C)c(Cc2ccc3c(c2)OCO3)s1. The molecule has 0 bridgehead atoms. The number of hydrogen-bond donors (Lipinski definition) is 1. The van der Waals surface area contributed by atoms with E-state index < -0.39 is 0 Å². The first kappa shape index (κ1) is 16.7. The second kappa shape index (κ2) is 7.63. The van der Waals surface area contributed by atoms with Crippen molar-refractivity contribution in [3.63, 3.8) is 0 Å². The molecule has 1 N–H and O–H groups in total. The number of anilines is 1. The van der Waals surface area contributed by atoms with Crippen molar-refractivity contribution in [2.45, 2.75) is 26.2 Å². The molecule has 1 aromatic heterocycles. The van der Waals surface area contributed by atoms with E-state index in [9.17, 15) is 4.79 Å². The Morgan fingerprint density at radius 1 is 1.38 bits per heavy atom. The quantitative estimate of drug-likeness (QED) is 0.779. The monoisotopic (exact) mass is 348 g/mol. The maximum absolute atomic E-state index is 11.9. The number of ether oxygens (including phenoxy) is 3. The molecule has 24 heavy (non-hydrogen) atoms. The predicted molar refractivity (Wildman–Crippen MR) is 92.0 cm³/mol. The van der Waals surface area contributed by atoms with E-state index >= 15 is 0 Å². The summed E-state index contributed by atoms with van der Waals surface area (Å²) in [6, 6.07) is 5.94. The van der Waals surface area contributed by atoms with Gasteiger partial charge in [0.15, 0.2) is 16.6 Å². The largest absolute Gasteiger partial charge is 0.454 e. The van der Waals surface area contributed by atoms with E-state index in [0.29, 0.717) is 24.6 Å². The smallest absolute Gasteiger partial charge is 0.231 e. The minimum Gasteiger partial charge on any atom is -0.454 e. The van der Waals surface area contributed by atoms with Crippen LogP contribution in [0.4, 0.5) is 5.13 Å². The highest BCUT2D eigenvalue weighted by atomic mass is 32.1. The van der Waals surface area contributed by atoms with Crippen LogP contribution in [0.25, 0.3) is 0 Å². The number of methoxy groups -OCH3 is 1. The fourth-order valence-electron chi connectivity index (χ4n) is 2.44. The van der Waals surface area contributed by atoms with Crippen molar-refractivity contribution in [1.82, 2.24) is 4.98 Å². The molecule has 0 radical (unpaired) electrons. The van der Waals surface area contributed by atoms with Crippen LogP contribution in [0.3, 0.4) is 0 Å². The molecule has 6 nitrogen and oxygen atoms in total. The van der Waals surface area contributed by atoms with Crippen LogP contribution in [0.5, 0.6) is 11.5 Å². The first-order chi connectivity index (χ1) is 11.7. The van der Waals surface area contributed by atoms with Crippen LogP contribution in [0.15, 0.2) is 18.2 Å². The lowest BCUT2D eigenvalue weighted by Gasteiger charge is -2.02. The molecule has 1 aliphatic heterocycles. The molecule has 7 heteroatoms. The highest BCUT2D eigenvalue weighted by Gasteiger charge is 2.15. The summed E-state index contributed by atoms with van der Waals surface area (Å²) in [5.41, 5.74) is 2.06. The summed E-state index contributed by atoms with van der Waals surface area (Å²) in [7, 11) is 1.63. The second-order valence-corrected chi connectivity index (χ2v) is 6.62. The Morgan fingerprint density at radius 3 is 3.04 bits per heavy atom. The van der Waals surface area contributed by atoms with Gasteiger partial charge in [0.1, 0.15) is 0 Å². The Kier molecular flexibility index (Phi) is 5.32. The number of rotatable bonds is 7. The lowest BCUT2D eigenvalue weighted by molar-refractivity contribution is -0.116. The van der Waals surface area contributed by atoms with Gasteiger partial charge in [-0.15, -0.1) is 11.3 Å². The summed E-state index contributed by atoms with van der Waals surface area (Å²) < 4.78 is 15.7. The first-order valence-corrected chi connectivity index (χ1v) is 8.61. The highest BCUT2D eigenvalue weighted by molar-refractivity contribution is 7.15. The van der Waals surface area contributed by atoms with Crippen LogP contribution >= 0.6 is 11.3 Å². The van der Waals surface area contributed by atoms with Crippen molar-refractivity contribution >= 4 is 22.4 Å². The minimum atomic E-state index is -0.0320. The van der Waals surface area contributed by atoms with E-state index in [0.717, 1.165) is 34.1 Å². The van der Waals surface area contributed by atoms with Gasteiger partial charge in [0, 0.05) is 31.4 Å². The molecule has 2 aromatic rings. The summed E-state index contributed by atoms with van der Waals surface area (Å²) in [6.07, 6.45) is 1.89. The van der Waals surface area contributed by atoms with Crippen molar-refractivity contribution in [3.05, 3.63) is 34.3 Å². The molecule has 0 fully saturated rings. The zero-order chi connectivity index (χ0) is 16.9. The van der Waals surface area contributed by atoms with Gasteiger partial charge in [-0.1, -0.05) is 6.07 Å². The van der Waals surface area contributed by atoms with Crippen LogP contribution in [0, 0.1) is 6.92 Å². The third kappa shape index (κ3) is 4.04. The zero-order valence-electron chi connectivity index (χ0n) is 13.8. The van der Waals surface area contributed by atoms with Crippen molar-refractivity contribution in [1.29, 1.82) is 0 Å². The van der Waals surface area contributed by atoms with E-state index in [-0.39, 0.29) is 12.7 Å². The third-order valence-corrected chi connectivity index (χ3v) is 4.77. The Bertz CT molecular complexity index is 729. The van der Waals surface area contributed by atoms with Gasteiger partial charge in [-0.05, 0) is 31.0 Å². The number of aromatic nitrogens is 1. The number of nitrogens with one attached hydrogen (secondary N) is 1. The van der Waals surface area contributed by atoms with Crippen LogP contribution in [0.2, 0.25) is 0 Å². The Hall–Kier alpha value is -2.12. The van der Waals surface area contributed by atoms with Crippen LogP contribution < -0.4 is 14.8 Å². The Labute approximate surface area is 144 Å². The molecular formula is C17H20N2O4S. The van der Waals surface area contributed by atoms with Gasteiger partial charge >= 0.3 is 0 Å². The molecular weight excluding hydrogens is 328 g/mol. The molecule has 0 saturated heterocycles. The first-order valence-electron chi connectivity index (χ1n) is 7.79. The molecule has 0 spiro atoms. The fraction of sp³-hybridized carbons (Fsp3) is 0.412. The number of carbonyl (C=O) groups excluding carboxylic acids is 1. The van der Waals surface area contributed by atoms with E-state index in [4.69, 9.17) is 14.2 Å². The van der Waals surface area contributed by atoms with Gasteiger partial charge in [0.2, 0.25) is 12.7 Å². The van der Waals surface area contributed by atoms with Gasteiger partial charge in [-0.2, -0.15) is 0 Å². The fourth-order valence-corrected chi connectivity index (χ4v) is 3.45. The van der Waals surface area contributed by atoms with Gasteiger partial charge in [-0.3, -0.25) is 4.79 Å². The molecule has 0 atom stereocenters. The minimum absolute atomic E-state index is 0.0320. The summed E-state index contributed by atoms with van der Waals surface area (Å²) >= 11 is 1.51. The van der Waals surface area contributed by atoms with Gasteiger partial charge < -0.3 is 19.5 Å². The molecule has 0 saturated carbocycles. The molecule has 1 aromatic carbocycles. The number of benzene rings is 1. The number of hydrogen-bond acceptors (Lipinski definition) is 6. The number of amides is 1. The van der Waals surface area contributed by atoms with Crippen LogP contribution in [-0.4, -0.2) is 31.4 Å². The Balaban J connectivity index is 1.62. The topological polar surface area (TPSA) is 69.7 Å². The van der Waals surface area contributed by atoms with E-state index in [1.807, 2.05) is 25.1 Å². The molecule has 128 valence electrons. The maximum atomic E-state index is 11.9. The van der Waals surface area contributed by atoms with Crippen LogP contribution in [-0.2, 0) is 16.0 Å². The maximum Gasteiger partial charge on any atom is 0.231 e. The second-order valence-electron chi connectivity index (χ2n) is 5.54. The van der Waals surface area contributed by atoms with Crippen molar-refractivity contribution in [2.75, 3.05) is 25.8 Å². The number of fused-ring (bicyclic) bond motifs is 1. The van der Waals surface area contributed by atoms with E-state index in [1.165, 1.54) is 11.3 Å². The average Bonchev–Trinajstić information content (AvgIpc) is 3.14. The summed E-state index contributed by atoms with van der Waals surface area (Å²) in [4.78, 5) is 17.4. The molecule has 0 aliphatic carbocycles. The molecule has 2 heterocycles. The molecule has 3 rings (SSSR count). The lowest BCUT2D eigenvalue weighted by atomic mass is 10.1. The lowest BCUT2D eigenvalue weighted by Crippen LogP contribution is -2.11. The zero-order valence-corrected chi connectivity index (χ0v) is 14.6. The summed E-state index contributed by atoms with van der Waals surface area (Å²) in [5.74, 6) is 1.53. The van der Waals surface area contributed by atoms with Crippen LogP contribution in [0.1, 0.15) is 29.0 Å². The normalized spacial score (nSPS) is 12.4. The standard InChI is InChI=1S/C17H20N2O4S/c1-11-15(9-12-5-6-13-14(8-12)23-10-22-13)24-17(18-11)19-16(20)4-3-7-21-2/h5-6,8H,3-4,7,9-10H2,1-2H3,(H,18,19,20). The number of nitrogens with zero attached hydrogens (tertiary/aromatic N) is 1. The number of carbonyl (C=O) groups is 1. The molecule has 0 unspecified atom stereocenters. The predicted octanol–water partition coefficient (Wildman–Crippen LogP) is 3.14. The van der Waals surface area contributed by atoms with Crippen molar-refractivity contribution < 1.29 is 19.0 Å². The number of aryl methyl sites for hydroxylation is 1. The van der Waals surface area contributed by atoms with Crippen molar-refractivity contribution in [2.24, 2.45) is 0 Å². The average molecular weight is 348 g/mol. The molecule has 1 aliphatic rings. The van der Waals surface area contributed by atoms with E-state index in [1.54, 1.807) is 7.11 Å². The molecule has 1 amide bonds. The van der Waals surface area contributed by atoms with Gasteiger partial charge in [-0.25, -0.2) is 4.98 Å². The summed E-state index contributed by atoms with van der Waals surface area (Å²) in [6.45, 7) is 2.82. The van der Waals surface area contributed by atoms with E-state index in [2.05, 4.69) is 10.3 Å². The Morgan fingerprint density at radius 2 is 2.21 bits per heavy atom. The van der Waals surface area contributed by atoms with Crippen molar-refractivity contribution in [3.8, 4) is 11.5 Å². The summed E-state index contributed by atoms with van der Waals surface area (Å²) in [5, 5.41) is 3.50. The third-order valence-electron chi connectivity index (χ3n) is 3.69. The highest BCUT2D eigenvalue weighted by Crippen LogP contribution is 2.34.